The Labute approximate surface area is 113 Å². The van der Waals surface area contributed by atoms with Crippen LogP contribution < -0.4 is 0 Å². The zero-order valence-electron chi connectivity index (χ0n) is 11.1. The van der Waals surface area contributed by atoms with Gasteiger partial charge in [-0.25, -0.2) is 0 Å². The van der Waals surface area contributed by atoms with Crippen LogP contribution in [0.5, 0.6) is 0 Å². The quantitative estimate of drug-likeness (QED) is 0.841. The molecule has 1 amide bonds. The van der Waals surface area contributed by atoms with Gasteiger partial charge in [-0.1, -0.05) is 6.08 Å². The van der Waals surface area contributed by atoms with Crippen LogP contribution in [0.15, 0.2) is 37.2 Å². The summed E-state index contributed by atoms with van der Waals surface area (Å²) in [6, 6.07) is 3.54. The summed E-state index contributed by atoms with van der Waals surface area (Å²) in [5, 5.41) is 9.64. The summed E-state index contributed by atoms with van der Waals surface area (Å²) in [4.78, 5) is 18.2. The number of aliphatic hydroxyl groups is 1. The van der Waals surface area contributed by atoms with Crippen molar-refractivity contribution in [1.82, 2.24) is 9.88 Å². The van der Waals surface area contributed by atoms with Crippen molar-refractivity contribution in [2.75, 3.05) is 19.7 Å². The molecule has 4 nitrogen and oxygen atoms in total. The topological polar surface area (TPSA) is 53.4 Å². The standard InChI is InChI=1S/C15H20N2O2/c1-2-6-15(12-18)7-4-9-17(11-15)14(19)13-5-3-8-16-10-13/h2-3,5,8,10,18H,1,4,6-7,9,11-12H2. The second-order valence-electron chi connectivity index (χ2n) is 5.22. The highest BCUT2D eigenvalue weighted by Gasteiger charge is 2.35. The van der Waals surface area contributed by atoms with E-state index in [2.05, 4.69) is 11.6 Å². The first-order valence-corrected chi connectivity index (χ1v) is 6.62. The minimum atomic E-state index is -0.224. The van der Waals surface area contributed by atoms with Crippen LogP contribution in [-0.2, 0) is 0 Å². The van der Waals surface area contributed by atoms with Crippen molar-refractivity contribution in [2.45, 2.75) is 19.3 Å². The molecule has 19 heavy (non-hydrogen) atoms. The maximum Gasteiger partial charge on any atom is 0.255 e. The van der Waals surface area contributed by atoms with Crippen LogP contribution in [0.4, 0.5) is 0 Å². The molecule has 1 saturated heterocycles. The smallest absolute Gasteiger partial charge is 0.255 e. The van der Waals surface area contributed by atoms with Gasteiger partial charge in [0.15, 0.2) is 0 Å². The molecular formula is C15H20N2O2. The molecular weight excluding hydrogens is 240 g/mol. The third-order valence-corrected chi connectivity index (χ3v) is 3.77. The number of carbonyl (C=O) groups is 1. The molecule has 0 aliphatic carbocycles. The summed E-state index contributed by atoms with van der Waals surface area (Å²) in [6.07, 6.45) is 7.66. The highest BCUT2D eigenvalue weighted by molar-refractivity contribution is 5.93. The van der Waals surface area contributed by atoms with Gasteiger partial charge in [-0.15, -0.1) is 6.58 Å². The van der Waals surface area contributed by atoms with Gasteiger partial charge in [0, 0.05) is 30.9 Å². The molecule has 102 valence electrons. The van der Waals surface area contributed by atoms with Gasteiger partial charge in [0.25, 0.3) is 5.91 Å². The summed E-state index contributed by atoms with van der Waals surface area (Å²) >= 11 is 0. The molecule has 0 radical (unpaired) electrons. The summed E-state index contributed by atoms with van der Waals surface area (Å²) < 4.78 is 0. The maximum atomic E-state index is 12.4. The molecule has 0 spiro atoms. The second kappa shape index (κ2) is 5.97. The van der Waals surface area contributed by atoms with Crippen LogP contribution in [-0.4, -0.2) is 40.6 Å². The first kappa shape index (κ1) is 13.7. The van der Waals surface area contributed by atoms with E-state index in [0.29, 0.717) is 12.1 Å². The monoisotopic (exact) mass is 260 g/mol. The summed E-state index contributed by atoms with van der Waals surface area (Å²) in [7, 11) is 0. The van der Waals surface area contributed by atoms with Gasteiger partial charge in [0.1, 0.15) is 0 Å². The minimum Gasteiger partial charge on any atom is -0.396 e. The van der Waals surface area contributed by atoms with E-state index in [1.807, 2.05) is 11.0 Å². The van der Waals surface area contributed by atoms with Gasteiger partial charge in [-0.2, -0.15) is 0 Å². The molecule has 1 atom stereocenters. The number of rotatable bonds is 4. The van der Waals surface area contributed by atoms with E-state index >= 15 is 0 Å². The Hall–Kier alpha value is -1.68. The van der Waals surface area contributed by atoms with Crippen LogP contribution in [0.1, 0.15) is 29.6 Å². The van der Waals surface area contributed by atoms with E-state index in [-0.39, 0.29) is 17.9 Å². The van der Waals surface area contributed by atoms with Crippen molar-refractivity contribution in [1.29, 1.82) is 0 Å². The predicted molar refractivity (Wildman–Crippen MR) is 73.7 cm³/mol. The van der Waals surface area contributed by atoms with E-state index in [9.17, 15) is 9.90 Å². The molecule has 1 aromatic heterocycles. The summed E-state index contributed by atoms with van der Waals surface area (Å²) in [6.45, 7) is 5.17. The molecule has 1 unspecified atom stereocenters. The number of pyridine rings is 1. The van der Waals surface area contributed by atoms with E-state index in [4.69, 9.17) is 0 Å². The van der Waals surface area contributed by atoms with Crippen LogP contribution in [0.25, 0.3) is 0 Å². The lowest BCUT2D eigenvalue weighted by Crippen LogP contribution is -2.47. The summed E-state index contributed by atoms with van der Waals surface area (Å²) in [5.74, 6) is -0.00492. The Morgan fingerprint density at radius 3 is 3.11 bits per heavy atom. The van der Waals surface area contributed by atoms with Crippen molar-refractivity contribution in [3.8, 4) is 0 Å². The Kier molecular flexibility index (Phi) is 4.32. The normalized spacial score (nSPS) is 23.1. The number of hydrogen-bond donors (Lipinski definition) is 1. The largest absolute Gasteiger partial charge is 0.396 e. The molecule has 0 bridgehead atoms. The minimum absolute atomic E-state index is 0.00492. The van der Waals surface area contributed by atoms with E-state index in [1.54, 1.807) is 24.5 Å². The third-order valence-electron chi connectivity index (χ3n) is 3.77. The van der Waals surface area contributed by atoms with Crippen LogP contribution >= 0.6 is 0 Å². The lowest BCUT2D eigenvalue weighted by Gasteiger charge is -2.41. The van der Waals surface area contributed by atoms with E-state index < -0.39 is 0 Å². The Balaban J connectivity index is 2.13. The zero-order chi connectivity index (χ0) is 13.7. The average Bonchev–Trinajstić information content (AvgIpc) is 2.48. The highest BCUT2D eigenvalue weighted by atomic mass is 16.3. The number of carbonyl (C=O) groups excluding carboxylic acids is 1. The average molecular weight is 260 g/mol. The number of piperidine rings is 1. The number of aliphatic hydroxyl groups excluding tert-OH is 1. The molecule has 1 fully saturated rings. The van der Waals surface area contributed by atoms with Gasteiger partial charge in [-0.05, 0) is 31.4 Å². The number of hydrogen-bond acceptors (Lipinski definition) is 3. The van der Waals surface area contributed by atoms with Crippen molar-refractivity contribution >= 4 is 5.91 Å². The lowest BCUT2D eigenvalue weighted by molar-refractivity contribution is 0.0285. The highest BCUT2D eigenvalue weighted by Crippen LogP contribution is 2.33. The SMILES string of the molecule is C=CCC1(CO)CCCN(C(=O)c2cccnc2)C1. The molecule has 2 heterocycles. The van der Waals surface area contributed by atoms with E-state index in [0.717, 1.165) is 25.8 Å². The fourth-order valence-electron chi connectivity index (χ4n) is 2.72. The Morgan fingerprint density at radius 1 is 1.63 bits per heavy atom. The van der Waals surface area contributed by atoms with Gasteiger partial charge in [-0.3, -0.25) is 9.78 Å². The number of nitrogens with zero attached hydrogens (tertiary/aromatic N) is 2. The Bertz CT molecular complexity index is 447. The van der Waals surface area contributed by atoms with E-state index in [1.165, 1.54) is 0 Å². The molecule has 0 aromatic carbocycles. The first-order chi connectivity index (χ1) is 9.21. The third kappa shape index (κ3) is 3.01. The molecule has 1 aliphatic rings. The fourth-order valence-corrected chi connectivity index (χ4v) is 2.72. The van der Waals surface area contributed by atoms with Gasteiger partial charge in [0.05, 0.1) is 12.2 Å². The van der Waals surface area contributed by atoms with Crippen molar-refractivity contribution in [3.05, 3.63) is 42.7 Å². The van der Waals surface area contributed by atoms with Gasteiger partial charge >= 0.3 is 0 Å². The number of likely N-dealkylation sites (tertiary alicyclic amines) is 1. The first-order valence-electron chi connectivity index (χ1n) is 6.62. The number of amides is 1. The molecule has 0 saturated carbocycles. The molecule has 1 aliphatic heterocycles. The Morgan fingerprint density at radius 2 is 2.47 bits per heavy atom. The van der Waals surface area contributed by atoms with Crippen molar-refractivity contribution in [2.24, 2.45) is 5.41 Å². The molecule has 2 rings (SSSR count). The summed E-state index contributed by atoms with van der Waals surface area (Å²) in [5.41, 5.74) is 0.382. The van der Waals surface area contributed by atoms with Crippen molar-refractivity contribution < 1.29 is 9.90 Å². The van der Waals surface area contributed by atoms with Crippen LogP contribution in [0.2, 0.25) is 0 Å². The van der Waals surface area contributed by atoms with Crippen molar-refractivity contribution in [3.63, 3.8) is 0 Å². The lowest BCUT2D eigenvalue weighted by atomic mass is 9.77. The molecule has 1 N–H and O–H groups in total. The zero-order valence-corrected chi connectivity index (χ0v) is 11.1. The van der Waals surface area contributed by atoms with Crippen LogP contribution in [0.3, 0.4) is 0 Å². The second-order valence-corrected chi connectivity index (χ2v) is 5.22. The molecule has 4 heteroatoms. The fraction of sp³-hybridized carbons (Fsp3) is 0.467. The van der Waals surface area contributed by atoms with Gasteiger partial charge < -0.3 is 10.0 Å². The number of aromatic nitrogens is 1. The maximum absolute atomic E-state index is 12.4. The van der Waals surface area contributed by atoms with Gasteiger partial charge in [0.2, 0.25) is 0 Å². The molecule has 1 aromatic rings. The predicted octanol–water partition coefficient (Wildman–Crippen LogP) is 1.87. The number of allylic oxidation sites excluding steroid dienone is 1. The van der Waals surface area contributed by atoms with Crippen LogP contribution in [0, 0.1) is 5.41 Å².